The molecule has 15 heavy (non-hydrogen) atoms. The lowest BCUT2D eigenvalue weighted by atomic mass is 10.2. The van der Waals surface area contributed by atoms with Gasteiger partial charge < -0.3 is 4.90 Å². The van der Waals surface area contributed by atoms with Gasteiger partial charge in [-0.2, -0.15) is 4.99 Å². The highest BCUT2D eigenvalue weighted by atomic mass is 16.6. The first-order valence-electron chi connectivity index (χ1n) is 4.10. The van der Waals surface area contributed by atoms with Crippen LogP contribution in [0.2, 0.25) is 0 Å². The average Bonchev–Trinajstić information content (AvgIpc) is 2.17. The largest absolute Gasteiger partial charge is 0.370 e. The molecule has 6 nitrogen and oxygen atoms in total. The smallest absolute Gasteiger partial charge is 0.294 e. The van der Waals surface area contributed by atoms with E-state index in [2.05, 4.69) is 4.99 Å². The molecule has 0 saturated heterocycles. The standard InChI is InChI=1S/C9H9N3O3/c1-11(2)9-7(10-6-13)4-3-5-8(9)12(14)15/h3-5H,1-2H3. The molecule has 0 atom stereocenters. The summed E-state index contributed by atoms with van der Waals surface area (Å²) in [4.78, 5) is 25.3. The van der Waals surface area contributed by atoms with Crippen molar-refractivity contribution < 1.29 is 9.72 Å². The number of benzene rings is 1. The molecule has 78 valence electrons. The number of nitro groups is 1. The maximum Gasteiger partial charge on any atom is 0.294 e. The Kier molecular flexibility index (Phi) is 3.15. The van der Waals surface area contributed by atoms with Crippen LogP contribution in [-0.4, -0.2) is 25.1 Å². The topological polar surface area (TPSA) is 75.8 Å². The van der Waals surface area contributed by atoms with E-state index in [1.54, 1.807) is 14.1 Å². The van der Waals surface area contributed by atoms with Crippen molar-refractivity contribution in [2.24, 2.45) is 4.99 Å². The Morgan fingerprint density at radius 1 is 1.47 bits per heavy atom. The third kappa shape index (κ3) is 2.18. The number of anilines is 1. The fraction of sp³-hybridized carbons (Fsp3) is 0.222. The second-order valence-electron chi connectivity index (χ2n) is 3.00. The van der Waals surface area contributed by atoms with Gasteiger partial charge >= 0.3 is 0 Å². The van der Waals surface area contributed by atoms with E-state index < -0.39 is 4.92 Å². The summed E-state index contributed by atoms with van der Waals surface area (Å²) in [5.41, 5.74) is 0.451. The zero-order valence-electron chi connectivity index (χ0n) is 8.30. The number of isocyanates is 1. The molecule has 0 bridgehead atoms. The zero-order chi connectivity index (χ0) is 11.4. The minimum absolute atomic E-state index is 0.0866. The number of hydrogen-bond acceptors (Lipinski definition) is 5. The maximum absolute atomic E-state index is 10.7. The van der Waals surface area contributed by atoms with E-state index in [0.717, 1.165) is 0 Å². The molecule has 1 aromatic carbocycles. The molecule has 0 spiro atoms. The first-order chi connectivity index (χ1) is 7.07. The second kappa shape index (κ2) is 4.34. The number of carbonyl (C=O) groups excluding carboxylic acids is 1. The van der Waals surface area contributed by atoms with Gasteiger partial charge in [0.1, 0.15) is 11.4 Å². The fourth-order valence-electron chi connectivity index (χ4n) is 1.26. The lowest BCUT2D eigenvalue weighted by Gasteiger charge is -2.13. The average molecular weight is 207 g/mol. The van der Waals surface area contributed by atoms with Crippen LogP contribution in [0.15, 0.2) is 23.2 Å². The molecule has 1 aromatic rings. The van der Waals surface area contributed by atoms with Crippen LogP contribution in [0.5, 0.6) is 0 Å². The van der Waals surface area contributed by atoms with Crippen molar-refractivity contribution in [2.75, 3.05) is 19.0 Å². The Labute approximate surface area is 86.0 Å². The molecule has 0 aliphatic rings. The summed E-state index contributed by atoms with van der Waals surface area (Å²) in [6, 6.07) is 4.35. The van der Waals surface area contributed by atoms with Gasteiger partial charge in [-0.25, -0.2) is 4.79 Å². The summed E-state index contributed by atoms with van der Waals surface area (Å²) in [6.07, 6.45) is 1.37. The number of para-hydroxylation sites is 1. The highest BCUT2D eigenvalue weighted by molar-refractivity contribution is 5.78. The summed E-state index contributed by atoms with van der Waals surface area (Å²) in [5, 5.41) is 10.7. The molecule has 0 aliphatic carbocycles. The predicted octanol–water partition coefficient (Wildman–Crippen LogP) is 1.63. The van der Waals surface area contributed by atoms with Gasteiger partial charge in [0.15, 0.2) is 0 Å². The zero-order valence-corrected chi connectivity index (χ0v) is 8.30. The van der Waals surface area contributed by atoms with Gasteiger partial charge in [0.05, 0.1) is 4.92 Å². The number of rotatable bonds is 3. The van der Waals surface area contributed by atoms with E-state index in [4.69, 9.17) is 0 Å². The Hall–Kier alpha value is -2.20. The predicted molar refractivity (Wildman–Crippen MR) is 55.2 cm³/mol. The molecule has 0 aromatic heterocycles. The Morgan fingerprint density at radius 2 is 2.13 bits per heavy atom. The molecule has 0 heterocycles. The van der Waals surface area contributed by atoms with Gasteiger partial charge in [0, 0.05) is 20.2 Å². The van der Waals surface area contributed by atoms with Crippen LogP contribution in [0.1, 0.15) is 0 Å². The number of hydrogen-bond donors (Lipinski definition) is 0. The summed E-state index contributed by atoms with van der Waals surface area (Å²) >= 11 is 0. The van der Waals surface area contributed by atoms with Crippen molar-refractivity contribution in [3.8, 4) is 0 Å². The second-order valence-corrected chi connectivity index (χ2v) is 3.00. The molecule has 1 rings (SSSR count). The van der Waals surface area contributed by atoms with Crippen LogP contribution in [-0.2, 0) is 4.79 Å². The van der Waals surface area contributed by atoms with E-state index in [1.165, 1.54) is 29.2 Å². The molecular formula is C9H9N3O3. The molecule has 0 N–H and O–H groups in total. The third-order valence-electron chi connectivity index (χ3n) is 1.80. The van der Waals surface area contributed by atoms with Crippen LogP contribution in [0.3, 0.4) is 0 Å². The highest BCUT2D eigenvalue weighted by Crippen LogP contribution is 2.35. The van der Waals surface area contributed by atoms with Gasteiger partial charge in [-0.3, -0.25) is 10.1 Å². The van der Waals surface area contributed by atoms with Crippen molar-refractivity contribution in [1.82, 2.24) is 0 Å². The van der Waals surface area contributed by atoms with E-state index in [0.29, 0.717) is 5.69 Å². The summed E-state index contributed by atoms with van der Waals surface area (Å²) in [5.74, 6) is 0. The monoisotopic (exact) mass is 207 g/mol. The van der Waals surface area contributed by atoms with Crippen LogP contribution in [0.4, 0.5) is 17.1 Å². The Morgan fingerprint density at radius 3 is 2.60 bits per heavy atom. The van der Waals surface area contributed by atoms with Crippen LogP contribution in [0, 0.1) is 10.1 Å². The number of aliphatic imine (C=N–C) groups is 1. The molecule has 0 unspecified atom stereocenters. The lowest BCUT2D eigenvalue weighted by molar-refractivity contribution is -0.384. The molecule has 0 fully saturated rings. The van der Waals surface area contributed by atoms with E-state index in [9.17, 15) is 14.9 Å². The minimum Gasteiger partial charge on any atom is -0.370 e. The van der Waals surface area contributed by atoms with Gasteiger partial charge in [-0.15, -0.1) is 0 Å². The summed E-state index contributed by atoms with van der Waals surface area (Å²) in [6.45, 7) is 0. The molecule has 6 heteroatoms. The fourth-order valence-corrected chi connectivity index (χ4v) is 1.26. The van der Waals surface area contributed by atoms with E-state index in [1.807, 2.05) is 0 Å². The van der Waals surface area contributed by atoms with Crippen molar-refractivity contribution in [3.63, 3.8) is 0 Å². The Balaban J connectivity index is 3.47. The number of nitro benzene ring substituents is 1. The van der Waals surface area contributed by atoms with Gasteiger partial charge in [-0.05, 0) is 6.07 Å². The summed E-state index contributed by atoms with van der Waals surface area (Å²) in [7, 11) is 3.29. The third-order valence-corrected chi connectivity index (χ3v) is 1.80. The molecule has 0 amide bonds. The SMILES string of the molecule is CN(C)c1c(N=C=O)cccc1[N+](=O)[O-]. The molecule has 0 saturated carbocycles. The van der Waals surface area contributed by atoms with Crippen molar-refractivity contribution in [1.29, 1.82) is 0 Å². The van der Waals surface area contributed by atoms with Crippen LogP contribution in [0.25, 0.3) is 0 Å². The maximum atomic E-state index is 10.7. The van der Waals surface area contributed by atoms with Crippen molar-refractivity contribution in [2.45, 2.75) is 0 Å². The summed E-state index contributed by atoms with van der Waals surface area (Å²) < 4.78 is 0. The first kappa shape index (κ1) is 10.9. The van der Waals surface area contributed by atoms with Gasteiger partial charge in [-0.1, -0.05) is 6.07 Å². The van der Waals surface area contributed by atoms with Crippen molar-refractivity contribution in [3.05, 3.63) is 28.3 Å². The minimum atomic E-state index is -0.515. The van der Waals surface area contributed by atoms with Crippen LogP contribution >= 0.6 is 0 Å². The van der Waals surface area contributed by atoms with Crippen LogP contribution < -0.4 is 4.90 Å². The quantitative estimate of drug-likeness (QED) is 0.326. The van der Waals surface area contributed by atoms with Gasteiger partial charge in [0.2, 0.25) is 6.08 Å². The highest BCUT2D eigenvalue weighted by Gasteiger charge is 2.18. The van der Waals surface area contributed by atoms with Gasteiger partial charge in [0.25, 0.3) is 5.69 Å². The van der Waals surface area contributed by atoms with E-state index in [-0.39, 0.29) is 11.4 Å². The molecule has 0 aliphatic heterocycles. The first-order valence-corrected chi connectivity index (χ1v) is 4.10. The lowest BCUT2D eigenvalue weighted by Crippen LogP contribution is -2.11. The molecule has 0 radical (unpaired) electrons. The van der Waals surface area contributed by atoms with E-state index >= 15 is 0 Å². The number of nitrogens with zero attached hydrogens (tertiary/aromatic N) is 3. The van der Waals surface area contributed by atoms with Crippen molar-refractivity contribution >= 4 is 23.1 Å². The normalized spacial score (nSPS) is 9.20. The Bertz CT molecular complexity index is 416. The molecular weight excluding hydrogens is 198 g/mol.